The molecule has 1 aliphatic heterocycles. The maximum absolute atomic E-state index is 4.84. The molecule has 0 radical (unpaired) electrons. The van der Waals surface area contributed by atoms with Crippen molar-refractivity contribution in [2.24, 2.45) is 4.99 Å². The summed E-state index contributed by atoms with van der Waals surface area (Å²) in [5, 5.41) is 4.76. The van der Waals surface area contributed by atoms with E-state index in [0.717, 1.165) is 39.3 Å². The number of H-pyrrole nitrogens is 1. The lowest BCUT2D eigenvalue weighted by molar-refractivity contribution is 0.982. The zero-order valence-electron chi connectivity index (χ0n) is 14.5. The second kappa shape index (κ2) is 6.67. The number of hydrogen-bond donors (Lipinski definition) is 2. The van der Waals surface area contributed by atoms with Gasteiger partial charge >= 0.3 is 0 Å². The van der Waals surface area contributed by atoms with Gasteiger partial charge in [0.25, 0.3) is 0 Å². The lowest BCUT2D eigenvalue weighted by atomic mass is 10.0. The number of halogens is 1. The van der Waals surface area contributed by atoms with E-state index in [4.69, 9.17) is 4.99 Å². The zero-order chi connectivity index (χ0) is 18.2. The minimum absolute atomic E-state index is 0.562. The zero-order valence-corrected chi connectivity index (χ0v) is 16.1. The Bertz CT molecular complexity index is 1160. The van der Waals surface area contributed by atoms with Crippen molar-refractivity contribution in [2.45, 2.75) is 13.0 Å². The van der Waals surface area contributed by atoms with Gasteiger partial charge in [-0.3, -0.25) is 9.98 Å². The standard InChI is InChI=1S/C22H17BrN4/c23-14-8-9-20-17(11-14)18-12-21(25-13-15-5-3-4-10-24-15)26-19-7-2-1-6-16(19)22(18)27-20/h1-11,27H,12-13H2,(H,25,26). The maximum atomic E-state index is 4.84. The highest BCUT2D eigenvalue weighted by molar-refractivity contribution is 9.10. The number of nitrogens with one attached hydrogen (secondary N) is 2. The number of aromatic amines is 1. The number of amidine groups is 1. The number of para-hydroxylation sites is 1. The summed E-state index contributed by atoms with van der Waals surface area (Å²) in [5.74, 6) is 0.952. The normalized spacial score (nSPS) is 14.5. The summed E-state index contributed by atoms with van der Waals surface area (Å²) < 4.78 is 1.08. The molecule has 27 heavy (non-hydrogen) atoms. The summed E-state index contributed by atoms with van der Waals surface area (Å²) in [5.41, 5.74) is 6.78. The Kier molecular flexibility index (Phi) is 4.02. The average molecular weight is 417 g/mol. The molecule has 0 fully saturated rings. The van der Waals surface area contributed by atoms with Crippen LogP contribution in [0.1, 0.15) is 11.3 Å². The molecule has 0 atom stereocenters. The van der Waals surface area contributed by atoms with Crippen LogP contribution in [0.25, 0.3) is 22.2 Å². The van der Waals surface area contributed by atoms with E-state index in [-0.39, 0.29) is 0 Å². The van der Waals surface area contributed by atoms with Gasteiger partial charge in [0.15, 0.2) is 0 Å². The third-order valence-electron chi connectivity index (χ3n) is 4.85. The first-order chi connectivity index (χ1) is 13.3. The van der Waals surface area contributed by atoms with E-state index in [2.05, 4.69) is 67.6 Å². The number of benzene rings is 2. The van der Waals surface area contributed by atoms with Gasteiger partial charge in [-0.2, -0.15) is 0 Å². The minimum Gasteiger partial charge on any atom is -0.354 e. The lowest BCUT2D eigenvalue weighted by Gasteiger charge is -2.09. The van der Waals surface area contributed by atoms with Crippen molar-refractivity contribution in [3.05, 3.63) is 82.6 Å². The van der Waals surface area contributed by atoms with E-state index < -0.39 is 0 Å². The van der Waals surface area contributed by atoms with Crippen LogP contribution >= 0.6 is 15.9 Å². The molecule has 2 aromatic carbocycles. The summed E-state index contributed by atoms with van der Waals surface area (Å²) in [4.78, 5) is 12.8. The smallest absolute Gasteiger partial charge is 0.106 e. The first-order valence-electron chi connectivity index (χ1n) is 8.88. The number of nitrogens with zero attached hydrogens (tertiary/aromatic N) is 2. The highest BCUT2D eigenvalue weighted by atomic mass is 79.9. The summed E-state index contributed by atoms with van der Waals surface area (Å²) in [6, 6.07) is 20.6. The number of anilines is 1. The Morgan fingerprint density at radius 3 is 2.81 bits per heavy atom. The van der Waals surface area contributed by atoms with Crippen molar-refractivity contribution in [2.75, 3.05) is 5.32 Å². The van der Waals surface area contributed by atoms with Crippen LogP contribution in [0.4, 0.5) is 5.69 Å². The number of rotatable bonds is 2. The van der Waals surface area contributed by atoms with E-state index in [9.17, 15) is 0 Å². The fourth-order valence-electron chi connectivity index (χ4n) is 3.57. The average Bonchev–Trinajstić information content (AvgIpc) is 2.96. The molecule has 0 unspecified atom stereocenters. The van der Waals surface area contributed by atoms with Gasteiger partial charge in [-0.05, 0) is 42.0 Å². The first kappa shape index (κ1) is 16.3. The second-order valence-electron chi connectivity index (χ2n) is 6.60. The molecule has 2 aromatic heterocycles. The quantitative estimate of drug-likeness (QED) is 0.449. The Balaban J connectivity index is 1.65. The van der Waals surface area contributed by atoms with Gasteiger partial charge in [0.1, 0.15) is 5.84 Å². The molecule has 0 amide bonds. The summed E-state index contributed by atoms with van der Waals surface area (Å²) >= 11 is 3.60. The van der Waals surface area contributed by atoms with Crippen LogP contribution in [-0.4, -0.2) is 15.8 Å². The highest BCUT2D eigenvalue weighted by Crippen LogP contribution is 2.38. The molecular formula is C22H17BrN4. The molecule has 1 aliphatic rings. The van der Waals surface area contributed by atoms with Gasteiger partial charge in [0, 0.05) is 39.2 Å². The largest absolute Gasteiger partial charge is 0.354 e. The molecule has 2 N–H and O–H groups in total. The second-order valence-corrected chi connectivity index (χ2v) is 7.52. The van der Waals surface area contributed by atoms with Crippen LogP contribution in [0, 0.1) is 0 Å². The van der Waals surface area contributed by atoms with Crippen molar-refractivity contribution < 1.29 is 0 Å². The fraction of sp³-hybridized carbons (Fsp3) is 0.0909. The van der Waals surface area contributed by atoms with Crippen LogP contribution in [0.5, 0.6) is 0 Å². The Labute approximate surface area is 165 Å². The SMILES string of the molecule is Brc1ccc2[nH]c3c(c2c1)CC(=NCc1ccccn1)Nc1ccccc1-3. The van der Waals surface area contributed by atoms with Crippen molar-refractivity contribution in [3.8, 4) is 11.3 Å². The van der Waals surface area contributed by atoms with E-state index in [1.54, 1.807) is 6.20 Å². The first-order valence-corrected chi connectivity index (χ1v) is 9.67. The minimum atomic E-state index is 0.562. The van der Waals surface area contributed by atoms with Crippen molar-refractivity contribution in [1.82, 2.24) is 9.97 Å². The fourth-order valence-corrected chi connectivity index (χ4v) is 3.94. The van der Waals surface area contributed by atoms with E-state index in [1.807, 2.05) is 24.3 Å². The Morgan fingerprint density at radius 2 is 1.93 bits per heavy atom. The van der Waals surface area contributed by atoms with Crippen molar-refractivity contribution in [1.29, 1.82) is 0 Å². The molecule has 5 heteroatoms. The predicted octanol–water partition coefficient (Wildman–Crippen LogP) is 5.56. The van der Waals surface area contributed by atoms with E-state index in [0.29, 0.717) is 6.54 Å². The van der Waals surface area contributed by atoms with Crippen molar-refractivity contribution in [3.63, 3.8) is 0 Å². The summed E-state index contributed by atoms with van der Waals surface area (Å²) in [6.07, 6.45) is 2.55. The van der Waals surface area contributed by atoms with E-state index >= 15 is 0 Å². The monoisotopic (exact) mass is 416 g/mol. The third kappa shape index (κ3) is 3.04. The molecule has 4 nitrogen and oxygen atoms in total. The number of aromatic nitrogens is 2. The van der Waals surface area contributed by atoms with Crippen molar-refractivity contribution >= 4 is 38.4 Å². The van der Waals surface area contributed by atoms with Gasteiger partial charge in [-0.1, -0.05) is 40.2 Å². The third-order valence-corrected chi connectivity index (χ3v) is 5.34. The van der Waals surface area contributed by atoms with Gasteiger partial charge in [-0.25, -0.2) is 0 Å². The lowest BCUT2D eigenvalue weighted by Crippen LogP contribution is -2.14. The Morgan fingerprint density at radius 1 is 1.04 bits per heavy atom. The number of aliphatic imine (C=N–C) groups is 1. The van der Waals surface area contributed by atoms with Gasteiger partial charge < -0.3 is 10.3 Å². The van der Waals surface area contributed by atoms with Crippen LogP contribution in [0.3, 0.4) is 0 Å². The molecule has 0 saturated carbocycles. The summed E-state index contributed by atoms with van der Waals surface area (Å²) in [6.45, 7) is 0.562. The molecule has 0 bridgehead atoms. The molecule has 0 aliphatic carbocycles. The molecule has 0 saturated heterocycles. The van der Waals surface area contributed by atoms with Gasteiger partial charge in [-0.15, -0.1) is 0 Å². The van der Waals surface area contributed by atoms with Gasteiger partial charge in [0.2, 0.25) is 0 Å². The number of fused-ring (bicyclic) bond motifs is 5. The van der Waals surface area contributed by atoms with E-state index in [1.165, 1.54) is 16.5 Å². The van der Waals surface area contributed by atoms with Gasteiger partial charge in [0.05, 0.1) is 17.9 Å². The summed E-state index contributed by atoms with van der Waals surface area (Å²) in [7, 11) is 0. The highest BCUT2D eigenvalue weighted by Gasteiger charge is 2.21. The van der Waals surface area contributed by atoms with Crippen LogP contribution < -0.4 is 5.32 Å². The number of hydrogen-bond acceptors (Lipinski definition) is 2. The van der Waals surface area contributed by atoms with Crippen LogP contribution in [-0.2, 0) is 13.0 Å². The molecule has 0 spiro atoms. The van der Waals surface area contributed by atoms with Crippen LogP contribution in [0.15, 0.2) is 76.3 Å². The predicted molar refractivity (Wildman–Crippen MR) is 114 cm³/mol. The number of pyridine rings is 1. The molecular weight excluding hydrogens is 400 g/mol. The molecule has 4 aromatic rings. The maximum Gasteiger partial charge on any atom is 0.106 e. The molecule has 132 valence electrons. The topological polar surface area (TPSA) is 53.1 Å². The molecule has 3 heterocycles. The Hall–Kier alpha value is -2.92. The molecule has 5 rings (SSSR count). The van der Waals surface area contributed by atoms with Crippen LogP contribution in [0.2, 0.25) is 0 Å².